The third kappa shape index (κ3) is 3.60. The maximum atomic E-state index is 2.47. The Labute approximate surface area is 278 Å². The lowest BCUT2D eigenvalue weighted by atomic mass is 9.88. The summed E-state index contributed by atoms with van der Waals surface area (Å²) in [5, 5.41) is 15.6. The van der Waals surface area contributed by atoms with Crippen LogP contribution >= 0.6 is 0 Å². The summed E-state index contributed by atoms with van der Waals surface area (Å²) in [6.07, 6.45) is 0. The minimum Gasteiger partial charge on any atom is -0.0616 e. The molecule has 1 aliphatic carbocycles. The quantitative estimate of drug-likeness (QED) is 0.172. The fourth-order valence-corrected chi connectivity index (χ4v) is 8.48. The molecule has 220 valence electrons. The van der Waals surface area contributed by atoms with Crippen molar-refractivity contribution in [1.29, 1.82) is 0 Å². The highest BCUT2D eigenvalue weighted by atomic mass is 14.3. The first-order valence-electron chi connectivity index (χ1n) is 16.8. The van der Waals surface area contributed by atoms with Crippen LogP contribution < -0.4 is 0 Å². The molecule has 0 unspecified atom stereocenters. The Morgan fingerprint density at radius 2 is 0.750 bits per heavy atom. The zero-order chi connectivity index (χ0) is 31.3. The van der Waals surface area contributed by atoms with Gasteiger partial charge in [-0.3, -0.25) is 0 Å². The minimum absolute atomic E-state index is 1.26. The van der Waals surface area contributed by atoms with Gasteiger partial charge in [0.25, 0.3) is 0 Å². The molecule has 0 aromatic heterocycles. The average molecular weight is 605 g/mol. The Kier molecular flexibility index (Phi) is 5.20. The molecule has 0 radical (unpaired) electrons. The highest BCUT2D eigenvalue weighted by Crippen LogP contribution is 2.52. The molecule has 0 spiro atoms. The van der Waals surface area contributed by atoms with Crippen LogP contribution in [0.2, 0.25) is 0 Å². The molecule has 0 aliphatic heterocycles. The van der Waals surface area contributed by atoms with Crippen LogP contribution in [0.4, 0.5) is 0 Å². The summed E-state index contributed by atoms with van der Waals surface area (Å²) in [4.78, 5) is 0. The first-order valence-corrected chi connectivity index (χ1v) is 16.8. The van der Waals surface area contributed by atoms with Gasteiger partial charge in [-0.2, -0.15) is 0 Å². The number of benzene rings is 10. The fourth-order valence-electron chi connectivity index (χ4n) is 8.48. The largest absolute Gasteiger partial charge is 0.0616 e. The number of fused-ring (bicyclic) bond motifs is 10. The molecule has 0 saturated heterocycles. The molecule has 0 atom stereocenters. The SMILES string of the molecule is c1ccc2cc(-c3cc4c5cccc6c5c(cc4c4ccccc34)-c3cc4cc(-c5cccc7ccccc57)ccc4cc3-6)ccc2c1. The van der Waals surface area contributed by atoms with Crippen LogP contribution in [0.25, 0.3) is 109 Å². The molecular formula is C48H28. The van der Waals surface area contributed by atoms with Crippen molar-refractivity contribution in [2.75, 3.05) is 0 Å². The van der Waals surface area contributed by atoms with E-state index < -0.39 is 0 Å². The van der Waals surface area contributed by atoms with Gasteiger partial charge in [-0.05, 0) is 146 Å². The van der Waals surface area contributed by atoms with E-state index >= 15 is 0 Å². The Morgan fingerprint density at radius 3 is 1.65 bits per heavy atom. The van der Waals surface area contributed by atoms with Gasteiger partial charge in [-0.1, -0.05) is 133 Å². The summed E-state index contributed by atoms with van der Waals surface area (Å²) < 4.78 is 0. The molecule has 0 amide bonds. The number of hydrogen-bond acceptors (Lipinski definition) is 0. The van der Waals surface area contributed by atoms with E-state index in [-0.39, 0.29) is 0 Å². The van der Waals surface area contributed by atoms with Gasteiger partial charge < -0.3 is 0 Å². The molecule has 11 rings (SSSR count). The van der Waals surface area contributed by atoms with Gasteiger partial charge in [0.05, 0.1) is 0 Å². The van der Waals surface area contributed by atoms with Crippen molar-refractivity contribution < 1.29 is 0 Å². The van der Waals surface area contributed by atoms with Crippen LogP contribution in [-0.2, 0) is 0 Å². The third-order valence-corrected chi connectivity index (χ3v) is 10.7. The standard InChI is InChI=1S/C48H28/c1-2-11-31-23-34(21-19-29(31)9-1)42-27-46-41-18-8-17-40-43-25-32-20-22-33(37-16-7-12-30-10-3-4-13-36(30)37)24-35(32)26-44(43)47(48(40)41)28-45(46)39-15-6-5-14-38(39)42/h1-28H. The van der Waals surface area contributed by atoms with Crippen LogP contribution in [0.15, 0.2) is 170 Å². The summed E-state index contributed by atoms with van der Waals surface area (Å²) in [6.45, 7) is 0. The summed E-state index contributed by atoms with van der Waals surface area (Å²) >= 11 is 0. The molecule has 1 aliphatic rings. The van der Waals surface area contributed by atoms with E-state index in [0.717, 1.165) is 0 Å². The Balaban J connectivity index is 1.17. The molecule has 0 nitrogen and oxygen atoms in total. The summed E-state index contributed by atoms with van der Waals surface area (Å²) in [6, 6.07) is 63.4. The lowest BCUT2D eigenvalue weighted by molar-refractivity contribution is 1.68. The van der Waals surface area contributed by atoms with Crippen molar-refractivity contribution in [3.63, 3.8) is 0 Å². The van der Waals surface area contributed by atoms with E-state index in [2.05, 4.69) is 170 Å². The van der Waals surface area contributed by atoms with Crippen molar-refractivity contribution in [2.45, 2.75) is 0 Å². The summed E-state index contributed by atoms with van der Waals surface area (Å²) in [7, 11) is 0. The van der Waals surface area contributed by atoms with Gasteiger partial charge >= 0.3 is 0 Å². The van der Waals surface area contributed by atoms with Crippen LogP contribution in [0.3, 0.4) is 0 Å². The minimum atomic E-state index is 1.26. The normalized spacial score (nSPS) is 12.2. The van der Waals surface area contributed by atoms with E-state index in [0.29, 0.717) is 0 Å². The van der Waals surface area contributed by atoms with E-state index in [1.807, 2.05) is 0 Å². The highest BCUT2D eigenvalue weighted by Gasteiger charge is 2.24. The molecule has 0 fully saturated rings. The van der Waals surface area contributed by atoms with Crippen molar-refractivity contribution in [3.8, 4) is 44.5 Å². The molecule has 0 saturated carbocycles. The Bertz CT molecular complexity index is 2990. The van der Waals surface area contributed by atoms with Crippen LogP contribution in [0, 0.1) is 0 Å². The predicted molar refractivity (Wildman–Crippen MR) is 207 cm³/mol. The van der Waals surface area contributed by atoms with Gasteiger partial charge in [-0.15, -0.1) is 0 Å². The van der Waals surface area contributed by atoms with Crippen molar-refractivity contribution in [1.82, 2.24) is 0 Å². The number of hydrogen-bond donors (Lipinski definition) is 0. The molecule has 48 heavy (non-hydrogen) atoms. The van der Waals surface area contributed by atoms with Gasteiger partial charge in [-0.25, -0.2) is 0 Å². The molecular weight excluding hydrogens is 577 g/mol. The smallest absolute Gasteiger partial charge is 0.00199 e. The highest BCUT2D eigenvalue weighted by molar-refractivity contribution is 6.29. The van der Waals surface area contributed by atoms with Crippen molar-refractivity contribution in [2.24, 2.45) is 0 Å². The van der Waals surface area contributed by atoms with E-state index in [1.165, 1.54) is 109 Å². The lowest BCUT2D eigenvalue weighted by Gasteiger charge is -2.15. The monoisotopic (exact) mass is 604 g/mol. The molecule has 10 aromatic rings. The van der Waals surface area contributed by atoms with Crippen molar-refractivity contribution in [3.05, 3.63) is 170 Å². The molecule has 10 aromatic carbocycles. The first-order chi connectivity index (χ1) is 23.8. The second kappa shape index (κ2) is 9.64. The maximum absolute atomic E-state index is 2.47. The summed E-state index contributed by atoms with van der Waals surface area (Å²) in [5.41, 5.74) is 10.4. The van der Waals surface area contributed by atoms with Crippen LogP contribution in [-0.4, -0.2) is 0 Å². The predicted octanol–water partition coefficient (Wildman–Crippen LogP) is 13.6. The molecule has 0 N–H and O–H groups in total. The zero-order valence-electron chi connectivity index (χ0n) is 26.2. The first kappa shape index (κ1) is 25.9. The van der Waals surface area contributed by atoms with E-state index in [9.17, 15) is 0 Å². The lowest BCUT2D eigenvalue weighted by Crippen LogP contribution is -1.88. The fraction of sp³-hybridized carbons (Fsp3) is 0. The Morgan fingerprint density at radius 1 is 0.208 bits per heavy atom. The molecule has 0 bridgehead atoms. The molecule has 0 heterocycles. The number of rotatable bonds is 2. The molecule has 0 heteroatoms. The van der Waals surface area contributed by atoms with Crippen LogP contribution in [0.1, 0.15) is 0 Å². The Hall–Kier alpha value is -6.24. The zero-order valence-corrected chi connectivity index (χ0v) is 26.2. The topological polar surface area (TPSA) is 0 Å². The second-order valence-electron chi connectivity index (χ2n) is 13.3. The van der Waals surface area contributed by atoms with Gasteiger partial charge in [0.1, 0.15) is 0 Å². The van der Waals surface area contributed by atoms with Gasteiger partial charge in [0, 0.05) is 0 Å². The van der Waals surface area contributed by atoms with Crippen LogP contribution in [0.5, 0.6) is 0 Å². The third-order valence-electron chi connectivity index (χ3n) is 10.7. The second-order valence-corrected chi connectivity index (χ2v) is 13.3. The van der Waals surface area contributed by atoms with Gasteiger partial charge in [0.2, 0.25) is 0 Å². The summed E-state index contributed by atoms with van der Waals surface area (Å²) in [5.74, 6) is 0. The van der Waals surface area contributed by atoms with E-state index in [4.69, 9.17) is 0 Å². The van der Waals surface area contributed by atoms with E-state index in [1.54, 1.807) is 0 Å². The van der Waals surface area contributed by atoms with Gasteiger partial charge in [0.15, 0.2) is 0 Å². The van der Waals surface area contributed by atoms with Crippen molar-refractivity contribution >= 4 is 64.6 Å². The average Bonchev–Trinajstić information content (AvgIpc) is 3.46. The maximum Gasteiger partial charge on any atom is -0.00199 e.